The molecule has 0 radical (unpaired) electrons. The number of aryl methyl sites for hydroxylation is 2. The van der Waals surface area contributed by atoms with Crippen molar-refractivity contribution in [2.45, 2.75) is 31.6 Å². The van der Waals surface area contributed by atoms with E-state index < -0.39 is 21.9 Å². The van der Waals surface area contributed by atoms with Crippen molar-refractivity contribution in [3.05, 3.63) is 38.7 Å². The molecule has 28 heavy (non-hydrogen) atoms. The van der Waals surface area contributed by atoms with Crippen molar-refractivity contribution in [3.8, 4) is 5.75 Å². The van der Waals surface area contributed by atoms with Crippen molar-refractivity contribution >= 4 is 50.8 Å². The van der Waals surface area contributed by atoms with Crippen LogP contribution in [0.5, 0.6) is 5.75 Å². The molecule has 1 aliphatic rings. The largest absolute Gasteiger partial charge is 0.423 e. The Morgan fingerprint density at radius 1 is 1.25 bits per heavy atom. The van der Waals surface area contributed by atoms with Crippen molar-refractivity contribution in [2.75, 3.05) is 13.1 Å². The summed E-state index contributed by atoms with van der Waals surface area (Å²) in [5.74, 6) is -1.05. The molecule has 11 heteroatoms. The van der Waals surface area contributed by atoms with Gasteiger partial charge in [0.05, 0.1) is 16.0 Å². The van der Waals surface area contributed by atoms with Gasteiger partial charge in [-0.15, -0.1) is 0 Å². The fraction of sp³-hybridized carbons (Fsp3) is 0.412. The standard InChI is InChI=1S/C17H17Cl3N2O5S/c1-9-16(10(2)27-21-9)28(24,25)22-5-3-4-11(8-22)17(23)26-15-13(19)6-12(18)7-14(15)20/h6-7,11H,3-5,8H2,1-2H3. The van der Waals surface area contributed by atoms with Crippen LogP contribution in [-0.2, 0) is 14.8 Å². The quantitative estimate of drug-likeness (QED) is 0.493. The molecule has 0 amide bonds. The van der Waals surface area contributed by atoms with E-state index >= 15 is 0 Å². The minimum Gasteiger partial charge on any atom is -0.423 e. The second-order valence-corrected chi connectivity index (χ2v) is 9.60. The molecule has 0 saturated carbocycles. The molecular formula is C17H17Cl3N2O5S. The maximum Gasteiger partial charge on any atom is 0.315 e. The van der Waals surface area contributed by atoms with Gasteiger partial charge in [-0.3, -0.25) is 4.79 Å². The number of esters is 1. The van der Waals surface area contributed by atoms with Crippen LogP contribution in [0.1, 0.15) is 24.3 Å². The van der Waals surface area contributed by atoms with Crippen molar-refractivity contribution in [1.82, 2.24) is 9.46 Å². The van der Waals surface area contributed by atoms with Gasteiger partial charge >= 0.3 is 5.97 Å². The molecule has 2 aromatic rings. The molecule has 1 fully saturated rings. The molecule has 1 saturated heterocycles. The average Bonchev–Trinajstić information content (AvgIpc) is 2.97. The SMILES string of the molecule is Cc1noc(C)c1S(=O)(=O)N1CCCC(C(=O)Oc2c(Cl)cc(Cl)cc2Cl)C1. The molecule has 1 aromatic carbocycles. The Morgan fingerprint density at radius 2 is 1.89 bits per heavy atom. The highest BCUT2D eigenvalue weighted by atomic mass is 35.5. The molecule has 0 aliphatic carbocycles. The second kappa shape index (κ2) is 8.20. The third-order valence-corrected chi connectivity index (χ3v) is 7.34. The summed E-state index contributed by atoms with van der Waals surface area (Å²) < 4.78 is 37.5. The van der Waals surface area contributed by atoms with Crippen LogP contribution in [0, 0.1) is 19.8 Å². The first kappa shape index (κ1) is 21.4. The number of hydrogen-bond donors (Lipinski definition) is 0. The summed E-state index contributed by atoms with van der Waals surface area (Å²) in [6, 6.07) is 2.82. The third kappa shape index (κ3) is 4.16. The highest BCUT2D eigenvalue weighted by Gasteiger charge is 2.37. The monoisotopic (exact) mass is 466 g/mol. The maximum absolute atomic E-state index is 13.0. The van der Waals surface area contributed by atoms with Gasteiger partial charge in [0.25, 0.3) is 0 Å². The lowest BCUT2D eigenvalue weighted by Gasteiger charge is -2.30. The van der Waals surface area contributed by atoms with E-state index in [2.05, 4.69) is 5.16 Å². The van der Waals surface area contributed by atoms with Crippen molar-refractivity contribution < 1.29 is 22.5 Å². The molecular weight excluding hydrogens is 451 g/mol. The van der Waals surface area contributed by atoms with Gasteiger partial charge in [-0.05, 0) is 38.8 Å². The molecule has 152 valence electrons. The summed E-state index contributed by atoms with van der Waals surface area (Å²) in [5, 5.41) is 4.21. The van der Waals surface area contributed by atoms with E-state index in [1.165, 1.54) is 23.4 Å². The first-order valence-electron chi connectivity index (χ1n) is 8.40. The number of carbonyl (C=O) groups is 1. The first-order valence-corrected chi connectivity index (χ1v) is 11.0. The van der Waals surface area contributed by atoms with Gasteiger partial charge in [0.1, 0.15) is 10.6 Å². The van der Waals surface area contributed by atoms with Crippen molar-refractivity contribution in [1.29, 1.82) is 0 Å². The van der Waals surface area contributed by atoms with Crippen LogP contribution in [0.3, 0.4) is 0 Å². The van der Waals surface area contributed by atoms with Crippen LogP contribution in [0.25, 0.3) is 0 Å². The van der Waals surface area contributed by atoms with E-state index in [1.54, 1.807) is 6.92 Å². The van der Waals surface area contributed by atoms with Gasteiger partial charge in [0, 0.05) is 18.1 Å². The molecule has 0 N–H and O–H groups in total. The summed E-state index contributed by atoms with van der Waals surface area (Å²) in [7, 11) is -3.84. The van der Waals surface area contributed by atoms with Crippen LogP contribution >= 0.6 is 34.8 Å². The molecule has 1 aromatic heterocycles. The first-order chi connectivity index (χ1) is 13.1. The zero-order valence-corrected chi connectivity index (χ0v) is 18.1. The third-order valence-electron chi connectivity index (χ3n) is 4.45. The minimum absolute atomic E-state index is 0.00318. The van der Waals surface area contributed by atoms with Crippen LogP contribution < -0.4 is 4.74 Å². The number of aromatic nitrogens is 1. The summed E-state index contributed by atoms with van der Waals surface area (Å²) >= 11 is 18.0. The molecule has 1 unspecified atom stereocenters. The van der Waals surface area contributed by atoms with E-state index in [9.17, 15) is 13.2 Å². The number of benzene rings is 1. The van der Waals surface area contributed by atoms with E-state index in [0.29, 0.717) is 24.4 Å². The fourth-order valence-corrected chi connectivity index (χ4v) is 5.84. The number of nitrogens with zero attached hydrogens (tertiary/aromatic N) is 2. The molecule has 2 heterocycles. The van der Waals surface area contributed by atoms with E-state index in [4.69, 9.17) is 44.1 Å². The smallest absolute Gasteiger partial charge is 0.315 e. The average molecular weight is 468 g/mol. The topological polar surface area (TPSA) is 89.7 Å². The summed E-state index contributed by atoms with van der Waals surface area (Å²) in [6.45, 7) is 3.36. The van der Waals surface area contributed by atoms with Gasteiger partial charge in [-0.1, -0.05) is 40.0 Å². The van der Waals surface area contributed by atoms with Crippen LogP contribution in [0.4, 0.5) is 0 Å². The van der Waals surface area contributed by atoms with Crippen molar-refractivity contribution in [2.24, 2.45) is 5.92 Å². The van der Waals surface area contributed by atoms with Crippen molar-refractivity contribution in [3.63, 3.8) is 0 Å². The zero-order valence-electron chi connectivity index (χ0n) is 15.0. The Labute approximate surface area is 177 Å². The van der Waals surface area contributed by atoms with Crippen LogP contribution in [0.2, 0.25) is 15.1 Å². The number of rotatable bonds is 4. The fourth-order valence-electron chi connectivity index (χ4n) is 3.14. The Morgan fingerprint density at radius 3 is 2.46 bits per heavy atom. The number of ether oxygens (including phenoxy) is 1. The summed E-state index contributed by atoms with van der Waals surface area (Å²) in [6.07, 6.45) is 0.986. The summed E-state index contributed by atoms with van der Waals surface area (Å²) in [4.78, 5) is 12.7. The number of hydrogen-bond acceptors (Lipinski definition) is 6. The Kier molecular flexibility index (Phi) is 6.26. The van der Waals surface area contributed by atoms with Gasteiger partial charge < -0.3 is 9.26 Å². The highest BCUT2D eigenvalue weighted by Crippen LogP contribution is 2.37. The number of piperidine rings is 1. The second-order valence-electron chi connectivity index (χ2n) is 6.48. The van der Waals surface area contributed by atoms with E-state index in [1.807, 2.05) is 0 Å². The van der Waals surface area contributed by atoms with E-state index in [-0.39, 0.29) is 38.7 Å². The van der Waals surface area contributed by atoms with Crippen LogP contribution in [-0.4, -0.2) is 36.9 Å². The minimum atomic E-state index is -3.84. The Bertz CT molecular complexity index is 979. The Balaban J connectivity index is 1.79. The zero-order chi connectivity index (χ0) is 20.6. The molecule has 1 aliphatic heterocycles. The van der Waals surface area contributed by atoms with Gasteiger partial charge in [0.2, 0.25) is 10.0 Å². The maximum atomic E-state index is 13.0. The van der Waals surface area contributed by atoms with Gasteiger partial charge in [0.15, 0.2) is 11.5 Å². The molecule has 0 spiro atoms. The molecule has 3 rings (SSSR count). The lowest BCUT2D eigenvalue weighted by atomic mass is 10.00. The Hall–Kier alpha value is -1.32. The predicted molar refractivity (Wildman–Crippen MR) is 105 cm³/mol. The number of halogens is 3. The lowest BCUT2D eigenvalue weighted by molar-refractivity contribution is -0.140. The van der Waals surface area contributed by atoms with Gasteiger partial charge in [-0.25, -0.2) is 8.42 Å². The molecule has 7 nitrogen and oxygen atoms in total. The predicted octanol–water partition coefficient (Wildman–Crippen LogP) is 4.26. The summed E-state index contributed by atoms with van der Waals surface area (Å²) in [5.41, 5.74) is 0.280. The van der Waals surface area contributed by atoms with E-state index in [0.717, 1.165) is 0 Å². The highest BCUT2D eigenvalue weighted by molar-refractivity contribution is 7.89. The number of sulfonamides is 1. The molecule has 1 atom stereocenters. The lowest BCUT2D eigenvalue weighted by Crippen LogP contribution is -2.43. The molecule has 0 bridgehead atoms. The van der Waals surface area contributed by atoms with Gasteiger partial charge in [-0.2, -0.15) is 4.31 Å². The normalized spacial score (nSPS) is 18.2. The van der Waals surface area contributed by atoms with Crippen LogP contribution in [0.15, 0.2) is 21.6 Å². The number of carbonyl (C=O) groups excluding carboxylic acids is 1.